The second-order valence-corrected chi connectivity index (χ2v) is 6.16. The monoisotopic (exact) mass is 339 g/mol. The van der Waals surface area contributed by atoms with E-state index in [9.17, 15) is 9.59 Å². The molecule has 1 saturated heterocycles. The van der Waals surface area contributed by atoms with Crippen molar-refractivity contribution in [1.29, 1.82) is 0 Å². The van der Waals surface area contributed by atoms with Crippen molar-refractivity contribution < 1.29 is 19.4 Å². The van der Waals surface area contributed by atoms with Gasteiger partial charge in [-0.15, -0.1) is 0 Å². The maximum absolute atomic E-state index is 12.9. The van der Waals surface area contributed by atoms with Crippen LogP contribution in [0.5, 0.6) is 5.75 Å². The van der Waals surface area contributed by atoms with E-state index in [0.717, 1.165) is 31.5 Å². The minimum atomic E-state index is -0.875. The van der Waals surface area contributed by atoms with Crippen LogP contribution in [0.4, 0.5) is 0 Å². The van der Waals surface area contributed by atoms with Gasteiger partial charge in [0.05, 0.1) is 6.42 Å². The van der Waals surface area contributed by atoms with E-state index in [-0.39, 0.29) is 12.3 Å². The van der Waals surface area contributed by atoms with Crippen LogP contribution in [0, 0.1) is 0 Å². The number of carboxylic acid groups (broad SMARTS) is 1. The van der Waals surface area contributed by atoms with Crippen LogP contribution in [0.1, 0.15) is 30.1 Å². The first-order valence-electron chi connectivity index (χ1n) is 8.44. The van der Waals surface area contributed by atoms with Gasteiger partial charge >= 0.3 is 5.97 Å². The molecule has 0 aromatic heterocycles. The van der Waals surface area contributed by atoms with E-state index in [1.54, 1.807) is 24.3 Å². The summed E-state index contributed by atoms with van der Waals surface area (Å²) in [7, 11) is 0. The molecule has 0 radical (unpaired) electrons. The van der Waals surface area contributed by atoms with Gasteiger partial charge < -0.3 is 14.7 Å². The van der Waals surface area contributed by atoms with E-state index < -0.39 is 12.1 Å². The molecule has 1 amide bonds. The van der Waals surface area contributed by atoms with Crippen LogP contribution in [-0.2, 0) is 16.0 Å². The number of carboxylic acids is 1. The van der Waals surface area contributed by atoms with Crippen LogP contribution in [0.15, 0.2) is 54.6 Å². The zero-order chi connectivity index (χ0) is 17.6. The van der Waals surface area contributed by atoms with Gasteiger partial charge in [0.2, 0.25) is 6.10 Å². The molecule has 5 heteroatoms. The average Bonchev–Trinajstić information content (AvgIpc) is 3.15. The number of carbonyl (C=O) groups excluding carboxylic acids is 1. The Morgan fingerprint density at radius 1 is 1.00 bits per heavy atom. The fourth-order valence-electron chi connectivity index (χ4n) is 2.99. The number of aliphatic carboxylic acids is 1. The lowest BCUT2D eigenvalue weighted by Crippen LogP contribution is -2.35. The normalized spacial score (nSPS) is 15.0. The zero-order valence-corrected chi connectivity index (χ0v) is 13.9. The Balaban J connectivity index is 1.79. The summed E-state index contributed by atoms with van der Waals surface area (Å²) in [5.74, 6) is -0.353. The molecule has 1 fully saturated rings. The molecule has 2 aromatic rings. The van der Waals surface area contributed by atoms with E-state index in [1.807, 2.05) is 35.2 Å². The van der Waals surface area contributed by atoms with Gasteiger partial charge in [0.25, 0.3) is 5.91 Å². The quantitative estimate of drug-likeness (QED) is 0.878. The van der Waals surface area contributed by atoms with Crippen molar-refractivity contribution in [3.8, 4) is 5.75 Å². The smallest absolute Gasteiger partial charge is 0.307 e. The second-order valence-electron chi connectivity index (χ2n) is 6.16. The maximum atomic E-state index is 12.9. The van der Waals surface area contributed by atoms with Crippen LogP contribution >= 0.6 is 0 Å². The predicted molar refractivity (Wildman–Crippen MR) is 93.4 cm³/mol. The molecule has 2 aromatic carbocycles. The lowest BCUT2D eigenvalue weighted by atomic mass is 10.1. The summed E-state index contributed by atoms with van der Waals surface area (Å²) < 4.78 is 6.00. The fraction of sp³-hybridized carbons (Fsp3) is 0.300. The van der Waals surface area contributed by atoms with E-state index in [0.29, 0.717) is 11.3 Å². The molecule has 1 aliphatic rings. The lowest BCUT2D eigenvalue weighted by molar-refractivity contribution is -0.138. The summed E-state index contributed by atoms with van der Waals surface area (Å²) in [5.41, 5.74) is 1.51. The highest BCUT2D eigenvalue weighted by atomic mass is 16.5. The molecule has 1 N–H and O–H groups in total. The van der Waals surface area contributed by atoms with Crippen molar-refractivity contribution in [2.45, 2.75) is 25.4 Å². The highest BCUT2D eigenvalue weighted by Crippen LogP contribution is 2.26. The van der Waals surface area contributed by atoms with Gasteiger partial charge in [-0.25, -0.2) is 0 Å². The van der Waals surface area contributed by atoms with Crippen molar-refractivity contribution in [3.63, 3.8) is 0 Å². The average molecular weight is 339 g/mol. The first kappa shape index (κ1) is 17.0. The maximum Gasteiger partial charge on any atom is 0.307 e. The molecule has 130 valence electrons. The summed E-state index contributed by atoms with van der Waals surface area (Å²) in [6.45, 7) is 1.53. The first-order valence-corrected chi connectivity index (χ1v) is 8.44. The SMILES string of the molecule is O=C(O)Cc1ccc(O[C@@H](C(=O)N2CCCC2)c2ccccc2)cc1. The van der Waals surface area contributed by atoms with Gasteiger partial charge in [0.1, 0.15) is 5.75 Å². The van der Waals surface area contributed by atoms with E-state index in [4.69, 9.17) is 9.84 Å². The van der Waals surface area contributed by atoms with Gasteiger partial charge in [0, 0.05) is 18.7 Å². The molecule has 1 aliphatic heterocycles. The fourth-order valence-corrected chi connectivity index (χ4v) is 2.99. The van der Waals surface area contributed by atoms with Gasteiger partial charge in [-0.2, -0.15) is 0 Å². The number of rotatable bonds is 6. The highest BCUT2D eigenvalue weighted by Gasteiger charge is 2.29. The molecule has 1 heterocycles. The van der Waals surface area contributed by atoms with Crippen LogP contribution in [0.2, 0.25) is 0 Å². The molecule has 0 spiro atoms. The number of amides is 1. The second kappa shape index (κ2) is 7.83. The minimum absolute atomic E-state index is 0.0293. The Hall–Kier alpha value is -2.82. The standard InChI is InChI=1S/C20H21NO4/c22-18(23)14-15-8-10-17(11-9-15)25-19(16-6-2-1-3-7-16)20(24)21-12-4-5-13-21/h1-3,6-11,19H,4-5,12-14H2,(H,22,23)/t19-/m1/s1. The summed E-state index contributed by atoms with van der Waals surface area (Å²) in [6, 6.07) is 16.3. The number of ether oxygens (including phenoxy) is 1. The molecular weight excluding hydrogens is 318 g/mol. The van der Waals surface area contributed by atoms with Crippen molar-refractivity contribution in [3.05, 3.63) is 65.7 Å². The molecule has 5 nitrogen and oxygen atoms in total. The van der Waals surface area contributed by atoms with Gasteiger partial charge in [0.15, 0.2) is 0 Å². The molecule has 25 heavy (non-hydrogen) atoms. The van der Waals surface area contributed by atoms with Crippen molar-refractivity contribution in [2.24, 2.45) is 0 Å². The van der Waals surface area contributed by atoms with Crippen LogP contribution in [0.25, 0.3) is 0 Å². The van der Waals surface area contributed by atoms with Crippen LogP contribution < -0.4 is 4.74 Å². The molecule has 0 aliphatic carbocycles. The Bertz CT molecular complexity index is 721. The van der Waals surface area contributed by atoms with Crippen LogP contribution in [-0.4, -0.2) is 35.0 Å². The number of hydrogen-bond donors (Lipinski definition) is 1. The molecule has 0 bridgehead atoms. The van der Waals surface area contributed by atoms with Gasteiger partial charge in [-0.05, 0) is 30.5 Å². The van der Waals surface area contributed by atoms with Crippen LogP contribution in [0.3, 0.4) is 0 Å². The first-order chi connectivity index (χ1) is 12.1. The summed E-state index contributed by atoms with van der Waals surface area (Å²) >= 11 is 0. The third-order valence-electron chi connectivity index (χ3n) is 4.28. The largest absolute Gasteiger partial charge is 0.481 e. The molecule has 0 unspecified atom stereocenters. The van der Waals surface area contributed by atoms with Crippen molar-refractivity contribution >= 4 is 11.9 Å². The van der Waals surface area contributed by atoms with Gasteiger partial charge in [-0.1, -0.05) is 42.5 Å². The van der Waals surface area contributed by atoms with E-state index in [2.05, 4.69) is 0 Å². The van der Waals surface area contributed by atoms with Crippen molar-refractivity contribution in [2.75, 3.05) is 13.1 Å². The Kier molecular flexibility index (Phi) is 5.33. The zero-order valence-electron chi connectivity index (χ0n) is 13.9. The topological polar surface area (TPSA) is 66.8 Å². The summed E-state index contributed by atoms with van der Waals surface area (Å²) in [5, 5.41) is 8.84. The van der Waals surface area contributed by atoms with E-state index >= 15 is 0 Å². The van der Waals surface area contributed by atoms with E-state index in [1.165, 1.54) is 0 Å². The molecular formula is C20H21NO4. The highest BCUT2D eigenvalue weighted by molar-refractivity contribution is 5.83. The molecule has 3 rings (SSSR count). The molecule has 1 atom stereocenters. The minimum Gasteiger partial charge on any atom is -0.481 e. The number of carbonyl (C=O) groups is 2. The Morgan fingerprint density at radius 2 is 1.64 bits per heavy atom. The summed E-state index contributed by atoms with van der Waals surface area (Å²) in [6.07, 6.45) is 1.33. The van der Waals surface area contributed by atoms with Gasteiger partial charge in [-0.3, -0.25) is 9.59 Å². The predicted octanol–water partition coefficient (Wildman–Crippen LogP) is 3.06. The number of likely N-dealkylation sites (tertiary alicyclic amines) is 1. The molecule has 0 saturated carbocycles. The summed E-state index contributed by atoms with van der Waals surface area (Å²) in [4.78, 5) is 25.5. The third-order valence-corrected chi connectivity index (χ3v) is 4.28. The number of benzene rings is 2. The Labute approximate surface area is 146 Å². The lowest BCUT2D eigenvalue weighted by Gasteiger charge is -2.24. The number of hydrogen-bond acceptors (Lipinski definition) is 3. The number of nitrogens with zero attached hydrogens (tertiary/aromatic N) is 1. The third kappa shape index (κ3) is 4.38. The van der Waals surface area contributed by atoms with Crippen molar-refractivity contribution in [1.82, 2.24) is 4.90 Å². The Morgan fingerprint density at radius 3 is 2.24 bits per heavy atom.